The van der Waals surface area contributed by atoms with Crippen molar-refractivity contribution < 1.29 is 24.6 Å². The van der Waals surface area contributed by atoms with Gasteiger partial charge >= 0.3 is 0 Å². The van der Waals surface area contributed by atoms with Crippen LogP contribution in [0.4, 0.5) is 5.69 Å². The molecule has 5 atom stereocenters. The lowest BCUT2D eigenvalue weighted by Gasteiger charge is -2.65. The lowest BCUT2D eigenvalue weighted by Crippen LogP contribution is -2.73. The summed E-state index contributed by atoms with van der Waals surface area (Å²) in [6.45, 7) is 13.0. The fourth-order valence-electron chi connectivity index (χ4n) is 5.93. The number of ketones is 2. The zero-order chi connectivity index (χ0) is 23.9. The first kappa shape index (κ1) is 24.1. The summed E-state index contributed by atoms with van der Waals surface area (Å²) >= 11 is 0. The molecule has 2 fully saturated rings. The zero-order valence-corrected chi connectivity index (χ0v) is 19.1. The van der Waals surface area contributed by atoms with Crippen molar-refractivity contribution >= 4 is 23.2 Å². The van der Waals surface area contributed by atoms with Crippen LogP contribution in [0, 0.1) is 22.2 Å². The lowest BCUT2D eigenvalue weighted by molar-refractivity contribution is -0.244. The van der Waals surface area contributed by atoms with E-state index in [1.165, 1.54) is 6.92 Å². The number of fused-ring (bicyclic) bond motifs is 2. The van der Waals surface area contributed by atoms with E-state index in [0.717, 1.165) is 0 Å². The predicted octanol–water partition coefficient (Wildman–Crippen LogP) is 3.69. The highest BCUT2D eigenvalue weighted by Gasteiger charge is 2.72. The van der Waals surface area contributed by atoms with Crippen molar-refractivity contribution in [1.29, 1.82) is 0 Å². The number of aliphatic hydroxyl groups is 2. The van der Waals surface area contributed by atoms with Gasteiger partial charge in [-0.2, -0.15) is 0 Å². The first-order chi connectivity index (χ1) is 15.0. The van der Waals surface area contributed by atoms with E-state index in [-0.39, 0.29) is 18.6 Å². The molecule has 2 bridgehead atoms. The maximum Gasteiger partial charge on any atom is 0.237 e. The summed E-state index contributed by atoms with van der Waals surface area (Å²) in [6.07, 6.45) is 2.26. The van der Waals surface area contributed by atoms with Gasteiger partial charge in [-0.15, -0.1) is 13.2 Å². The molecule has 2 saturated carbocycles. The summed E-state index contributed by atoms with van der Waals surface area (Å²) in [6, 6.07) is 6.37. The number of anilines is 1. The van der Waals surface area contributed by atoms with Crippen molar-refractivity contribution in [1.82, 2.24) is 0 Å². The molecule has 0 heterocycles. The summed E-state index contributed by atoms with van der Waals surface area (Å²) in [4.78, 5) is 38.6. The molecule has 0 aliphatic heterocycles. The average Bonchev–Trinajstić information content (AvgIpc) is 2.73. The molecule has 2 aliphatic rings. The first-order valence-electron chi connectivity index (χ1n) is 11.0. The van der Waals surface area contributed by atoms with Gasteiger partial charge in [0.15, 0.2) is 11.6 Å². The number of hydrogen-bond acceptors (Lipinski definition) is 5. The Kier molecular flexibility index (Phi) is 6.33. The van der Waals surface area contributed by atoms with Gasteiger partial charge in [-0.1, -0.05) is 26.0 Å². The number of rotatable bonds is 7. The van der Waals surface area contributed by atoms with Crippen LogP contribution in [0.25, 0.3) is 0 Å². The summed E-state index contributed by atoms with van der Waals surface area (Å²) < 4.78 is 0. The summed E-state index contributed by atoms with van der Waals surface area (Å²) in [5.41, 5.74) is -1.89. The number of hydrogen-bond donors (Lipinski definition) is 3. The van der Waals surface area contributed by atoms with Gasteiger partial charge < -0.3 is 15.5 Å². The lowest BCUT2D eigenvalue weighted by atomic mass is 9.39. The number of allylic oxidation sites excluding steroid dienone is 2. The number of carbonyl (C=O) groups excluding carboxylic acids is 3. The molecule has 32 heavy (non-hydrogen) atoms. The van der Waals surface area contributed by atoms with Gasteiger partial charge in [-0.05, 0) is 62.3 Å². The average molecular weight is 440 g/mol. The summed E-state index contributed by atoms with van der Waals surface area (Å²) in [5, 5.41) is 25.8. The maximum atomic E-state index is 13.7. The van der Waals surface area contributed by atoms with Crippen molar-refractivity contribution in [3.63, 3.8) is 0 Å². The Hall–Kier alpha value is -2.57. The minimum absolute atomic E-state index is 0.0949. The standard InChI is InChI=1S/C26H33NO5/c1-6-12-25-15-14-24(4,5)26(13-7-2,23(25)32)21(30)19(20(25)29)22(31)27-18-10-8-17(9-11-18)16(3)28/h6-11,19,21,23,30,32H,1-2,12-15H2,3-5H3,(H,27,31)/t19?,21?,23?,25-,26+/m1/s1. The second kappa shape index (κ2) is 8.41. The first-order valence-corrected chi connectivity index (χ1v) is 11.0. The van der Waals surface area contributed by atoms with Crippen LogP contribution in [0.2, 0.25) is 0 Å². The number of nitrogens with one attached hydrogen (secondary N) is 1. The van der Waals surface area contributed by atoms with Crippen LogP contribution >= 0.6 is 0 Å². The Morgan fingerprint density at radius 1 is 1.09 bits per heavy atom. The molecule has 1 aromatic rings. The van der Waals surface area contributed by atoms with E-state index in [1.807, 2.05) is 13.8 Å². The Balaban J connectivity index is 2.05. The highest BCUT2D eigenvalue weighted by Crippen LogP contribution is 2.65. The van der Waals surface area contributed by atoms with Gasteiger partial charge in [0.1, 0.15) is 5.92 Å². The zero-order valence-electron chi connectivity index (χ0n) is 19.1. The SMILES string of the molecule is C=CC[C@@]12CCC(C)(C)[C@@](CC=C)(C(O)C(C(=O)Nc3ccc(C(C)=O)cc3)C1=O)C2O. The molecule has 1 amide bonds. The van der Waals surface area contributed by atoms with Crippen LogP contribution in [0.5, 0.6) is 0 Å². The molecule has 0 radical (unpaired) electrons. The highest BCUT2D eigenvalue weighted by atomic mass is 16.3. The summed E-state index contributed by atoms with van der Waals surface area (Å²) in [7, 11) is 0. The van der Waals surface area contributed by atoms with Crippen LogP contribution < -0.4 is 5.32 Å². The Morgan fingerprint density at radius 2 is 1.69 bits per heavy atom. The molecule has 0 spiro atoms. The minimum Gasteiger partial charge on any atom is -0.391 e. The Labute approximate surface area is 189 Å². The van der Waals surface area contributed by atoms with Crippen LogP contribution in [0.1, 0.15) is 56.8 Å². The number of aliphatic hydroxyl groups excluding tert-OH is 2. The molecular formula is C26H33NO5. The molecule has 3 unspecified atom stereocenters. The van der Waals surface area contributed by atoms with Gasteiger partial charge in [-0.25, -0.2) is 0 Å². The summed E-state index contributed by atoms with van der Waals surface area (Å²) in [5.74, 6) is -2.51. The molecule has 3 rings (SSSR count). The third-order valence-corrected chi connectivity index (χ3v) is 7.92. The second-order valence-corrected chi connectivity index (χ2v) is 9.88. The van der Waals surface area contributed by atoms with E-state index < -0.39 is 46.1 Å². The molecule has 1 aromatic carbocycles. The largest absolute Gasteiger partial charge is 0.391 e. The second-order valence-electron chi connectivity index (χ2n) is 9.88. The van der Waals surface area contributed by atoms with E-state index in [0.29, 0.717) is 24.1 Å². The van der Waals surface area contributed by atoms with Crippen LogP contribution in [-0.2, 0) is 9.59 Å². The van der Waals surface area contributed by atoms with Crippen LogP contribution in [-0.4, -0.2) is 39.9 Å². The highest BCUT2D eigenvalue weighted by molar-refractivity contribution is 6.11. The van der Waals surface area contributed by atoms with E-state index in [2.05, 4.69) is 18.5 Å². The molecule has 172 valence electrons. The fraction of sp³-hybridized carbons (Fsp3) is 0.500. The Bertz CT molecular complexity index is 949. The van der Waals surface area contributed by atoms with Crippen molar-refractivity contribution in [2.45, 2.75) is 58.7 Å². The minimum atomic E-state index is -1.38. The smallest absolute Gasteiger partial charge is 0.237 e. The van der Waals surface area contributed by atoms with Crippen LogP contribution in [0.15, 0.2) is 49.6 Å². The number of amides is 1. The molecule has 3 N–H and O–H groups in total. The molecule has 2 aliphatic carbocycles. The van der Waals surface area contributed by atoms with E-state index in [1.54, 1.807) is 36.4 Å². The quantitative estimate of drug-likeness (QED) is 0.341. The topological polar surface area (TPSA) is 104 Å². The van der Waals surface area contributed by atoms with Gasteiger partial charge in [0.25, 0.3) is 0 Å². The van der Waals surface area contributed by atoms with Gasteiger partial charge in [0, 0.05) is 16.7 Å². The number of Topliss-reactive ketones (excluding diaryl/α,β-unsaturated/α-hetero) is 2. The molecule has 0 aromatic heterocycles. The number of benzene rings is 1. The normalized spacial score (nSPS) is 33.3. The van der Waals surface area contributed by atoms with E-state index in [9.17, 15) is 24.6 Å². The van der Waals surface area contributed by atoms with Crippen molar-refractivity contribution in [2.75, 3.05) is 5.32 Å². The predicted molar refractivity (Wildman–Crippen MR) is 123 cm³/mol. The van der Waals surface area contributed by atoms with Crippen molar-refractivity contribution in [3.8, 4) is 0 Å². The Morgan fingerprint density at radius 3 is 2.22 bits per heavy atom. The molecule has 6 nitrogen and oxygen atoms in total. The van der Waals surface area contributed by atoms with E-state index >= 15 is 0 Å². The monoisotopic (exact) mass is 439 g/mol. The number of carbonyl (C=O) groups is 3. The molecule has 0 saturated heterocycles. The van der Waals surface area contributed by atoms with Gasteiger partial charge in [0.2, 0.25) is 5.91 Å². The van der Waals surface area contributed by atoms with Gasteiger partial charge in [-0.3, -0.25) is 14.4 Å². The van der Waals surface area contributed by atoms with Crippen molar-refractivity contribution in [2.24, 2.45) is 22.2 Å². The molecular weight excluding hydrogens is 406 g/mol. The van der Waals surface area contributed by atoms with Gasteiger partial charge in [0.05, 0.1) is 17.6 Å². The van der Waals surface area contributed by atoms with E-state index in [4.69, 9.17) is 0 Å². The maximum absolute atomic E-state index is 13.7. The third kappa shape index (κ3) is 3.37. The third-order valence-electron chi connectivity index (χ3n) is 7.92. The fourth-order valence-corrected chi connectivity index (χ4v) is 5.93. The molecule has 6 heteroatoms. The van der Waals surface area contributed by atoms with Crippen LogP contribution in [0.3, 0.4) is 0 Å². The van der Waals surface area contributed by atoms with Crippen molar-refractivity contribution in [3.05, 3.63) is 55.1 Å².